The second kappa shape index (κ2) is 6.44. The maximum absolute atomic E-state index is 6.27. The first-order valence-corrected chi connectivity index (χ1v) is 8.08. The normalized spacial score (nSPS) is 27.6. The van der Waals surface area contributed by atoms with Gasteiger partial charge in [-0.25, -0.2) is 0 Å². The van der Waals surface area contributed by atoms with Crippen molar-refractivity contribution in [1.29, 1.82) is 0 Å². The topological polar surface area (TPSA) is 38.9 Å². The fourth-order valence-corrected chi connectivity index (χ4v) is 3.72. The molecule has 1 aromatic rings. The van der Waals surface area contributed by atoms with Crippen molar-refractivity contribution in [3.63, 3.8) is 0 Å². The molecule has 3 heteroatoms. The Labute approximate surface area is 128 Å². The van der Waals surface area contributed by atoms with E-state index >= 15 is 0 Å². The summed E-state index contributed by atoms with van der Waals surface area (Å²) in [7, 11) is 0. The van der Waals surface area contributed by atoms with Crippen molar-refractivity contribution in [3.8, 4) is 0 Å². The molecular formula is C17H27ClN2. The number of pyridine rings is 1. The van der Waals surface area contributed by atoms with Crippen molar-refractivity contribution in [1.82, 2.24) is 4.98 Å². The van der Waals surface area contributed by atoms with Crippen LogP contribution < -0.4 is 5.73 Å². The van der Waals surface area contributed by atoms with Gasteiger partial charge in [-0.05, 0) is 67.0 Å². The average molecular weight is 295 g/mol. The molecule has 3 unspecified atom stereocenters. The zero-order chi connectivity index (χ0) is 14.8. The average Bonchev–Trinajstić information content (AvgIpc) is 2.40. The highest BCUT2D eigenvalue weighted by Crippen LogP contribution is 2.43. The van der Waals surface area contributed by atoms with E-state index in [0.717, 1.165) is 23.9 Å². The predicted octanol–water partition coefficient (Wildman–Crippen LogP) is 4.31. The highest BCUT2D eigenvalue weighted by atomic mass is 35.5. The maximum Gasteiger partial charge on any atom is 0.0621 e. The van der Waals surface area contributed by atoms with E-state index in [4.69, 9.17) is 17.3 Å². The van der Waals surface area contributed by atoms with Gasteiger partial charge in [0.25, 0.3) is 0 Å². The summed E-state index contributed by atoms with van der Waals surface area (Å²) in [6.07, 6.45) is 8.46. The largest absolute Gasteiger partial charge is 0.330 e. The lowest BCUT2D eigenvalue weighted by atomic mass is 9.64. The summed E-state index contributed by atoms with van der Waals surface area (Å²) in [6.45, 7) is 7.87. The number of nitrogens with zero attached hydrogens (tertiary/aromatic N) is 1. The molecule has 0 aliphatic heterocycles. The zero-order valence-electron chi connectivity index (χ0n) is 12.9. The number of rotatable bonds is 3. The lowest BCUT2D eigenvalue weighted by Gasteiger charge is -2.42. The van der Waals surface area contributed by atoms with Crippen LogP contribution in [0.5, 0.6) is 0 Å². The van der Waals surface area contributed by atoms with Crippen LogP contribution in [0.1, 0.15) is 45.6 Å². The quantitative estimate of drug-likeness (QED) is 0.902. The number of halogens is 1. The van der Waals surface area contributed by atoms with Gasteiger partial charge in [0, 0.05) is 12.4 Å². The zero-order valence-corrected chi connectivity index (χ0v) is 13.7. The van der Waals surface area contributed by atoms with Gasteiger partial charge in [0.1, 0.15) is 0 Å². The third-order valence-electron chi connectivity index (χ3n) is 5.01. The molecule has 3 atom stereocenters. The molecule has 0 radical (unpaired) electrons. The Kier molecular flexibility index (Phi) is 5.09. The minimum absolute atomic E-state index is 0.389. The minimum Gasteiger partial charge on any atom is -0.330 e. The lowest BCUT2D eigenvalue weighted by molar-refractivity contribution is 0.101. The van der Waals surface area contributed by atoms with Crippen molar-refractivity contribution in [2.24, 2.45) is 28.9 Å². The second-order valence-electron chi connectivity index (χ2n) is 7.30. The molecule has 0 bridgehead atoms. The van der Waals surface area contributed by atoms with Gasteiger partial charge in [0.15, 0.2) is 0 Å². The first-order chi connectivity index (χ1) is 9.41. The fraction of sp³-hybridized carbons (Fsp3) is 0.706. The fourth-order valence-electron chi connectivity index (χ4n) is 3.53. The second-order valence-corrected chi connectivity index (χ2v) is 7.71. The van der Waals surface area contributed by atoms with Crippen LogP contribution in [0.2, 0.25) is 5.02 Å². The van der Waals surface area contributed by atoms with Crippen molar-refractivity contribution >= 4 is 11.6 Å². The molecule has 1 fully saturated rings. The molecule has 2 rings (SSSR count). The molecule has 20 heavy (non-hydrogen) atoms. The smallest absolute Gasteiger partial charge is 0.0621 e. The molecule has 0 amide bonds. The van der Waals surface area contributed by atoms with Crippen molar-refractivity contribution in [2.45, 2.75) is 46.5 Å². The van der Waals surface area contributed by atoms with Crippen molar-refractivity contribution < 1.29 is 0 Å². The van der Waals surface area contributed by atoms with Crippen LogP contribution >= 0.6 is 11.6 Å². The number of aromatic nitrogens is 1. The van der Waals surface area contributed by atoms with Crippen LogP contribution in [0.15, 0.2) is 18.5 Å². The molecule has 1 aliphatic carbocycles. The highest BCUT2D eigenvalue weighted by molar-refractivity contribution is 6.31. The molecule has 112 valence electrons. The monoisotopic (exact) mass is 294 g/mol. The van der Waals surface area contributed by atoms with Gasteiger partial charge in [-0.15, -0.1) is 0 Å². The summed E-state index contributed by atoms with van der Waals surface area (Å²) in [5.74, 6) is 2.08. The summed E-state index contributed by atoms with van der Waals surface area (Å²) in [5, 5.41) is 0.793. The SMILES string of the molecule is CC(C)(C)C1CCC(CN)C(Cc2ccncc2Cl)C1. The van der Waals surface area contributed by atoms with Crippen LogP contribution in [-0.2, 0) is 6.42 Å². The third kappa shape index (κ3) is 3.73. The molecular weight excluding hydrogens is 268 g/mol. The highest BCUT2D eigenvalue weighted by Gasteiger charge is 2.35. The Morgan fingerprint density at radius 2 is 2.05 bits per heavy atom. The molecule has 1 aliphatic rings. The van der Waals surface area contributed by atoms with Gasteiger partial charge in [-0.2, -0.15) is 0 Å². The van der Waals surface area contributed by atoms with Crippen molar-refractivity contribution in [3.05, 3.63) is 29.0 Å². The van der Waals surface area contributed by atoms with E-state index in [1.54, 1.807) is 6.20 Å². The van der Waals surface area contributed by atoms with E-state index in [2.05, 4.69) is 31.8 Å². The number of hydrogen-bond acceptors (Lipinski definition) is 2. The maximum atomic E-state index is 6.27. The van der Waals surface area contributed by atoms with Crippen LogP contribution in [0.4, 0.5) is 0 Å². The Balaban J connectivity index is 2.12. The van der Waals surface area contributed by atoms with Crippen LogP contribution in [-0.4, -0.2) is 11.5 Å². The molecule has 2 nitrogen and oxygen atoms in total. The Morgan fingerprint density at radius 1 is 1.30 bits per heavy atom. The van der Waals surface area contributed by atoms with E-state index in [1.807, 2.05) is 6.20 Å². The standard InChI is InChI=1S/C17H27ClN2/c1-17(2,3)15-5-4-13(10-19)14(9-15)8-12-6-7-20-11-16(12)18/h6-7,11,13-15H,4-5,8-10,19H2,1-3H3. The summed E-state index contributed by atoms with van der Waals surface area (Å²) < 4.78 is 0. The summed E-state index contributed by atoms with van der Waals surface area (Å²) >= 11 is 6.27. The van der Waals surface area contributed by atoms with E-state index < -0.39 is 0 Å². The first-order valence-electron chi connectivity index (χ1n) is 7.70. The van der Waals surface area contributed by atoms with Gasteiger partial charge in [0.05, 0.1) is 5.02 Å². The third-order valence-corrected chi connectivity index (χ3v) is 5.35. The van der Waals surface area contributed by atoms with Crippen LogP contribution in [0.3, 0.4) is 0 Å². The van der Waals surface area contributed by atoms with Crippen molar-refractivity contribution in [2.75, 3.05) is 6.54 Å². The van der Waals surface area contributed by atoms with E-state index in [0.29, 0.717) is 17.3 Å². The first kappa shape index (κ1) is 15.8. The Morgan fingerprint density at radius 3 is 2.65 bits per heavy atom. The van der Waals surface area contributed by atoms with Gasteiger partial charge in [0.2, 0.25) is 0 Å². The molecule has 1 aromatic heterocycles. The summed E-state index contributed by atoms with van der Waals surface area (Å²) in [4.78, 5) is 4.07. The number of nitrogens with two attached hydrogens (primary N) is 1. The summed E-state index contributed by atoms with van der Waals surface area (Å²) in [5.41, 5.74) is 7.61. The van der Waals surface area contributed by atoms with E-state index in [9.17, 15) is 0 Å². The summed E-state index contributed by atoms with van der Waals surface area (Å²) in [6, 6.07) is 2.05. The molecule has 0 spiro atoms. The molecule has 2 N–H and O–H groups in total. The van der Waals surface area contributed by atoms with Crippen LogP contribution in [0.25, 0.3) is 0 Å². The van der Waals surface area contributed by atoms with Crippen LogP contribution in [0, 0.1) is 23.2 Å². The van der Waals surface area contributed by atoms with Gasteiger partial charge in [-0.1, -0.05) is 32.4 Å². The Hall–Kier alpha value is -0.600. The van der Waals surface area contributed by atoms with E-state index in [1.165, 1.54) is 24.8 Å². The van der Waals surface area contributed by atoms with Gasteiger partial charge < -0.3 is 5.73 Å². The lowest BCUT2D eigenvalue weighted by Crippen LogP contribution is -2.36. The molecule has 1 heterocycles. The Bertz CT molecular complexity index is 439. The van der Waals surface area contributed by atoms with Gasteiger partial charge in [-0.3, -0.25) is 4.98 Å². The minimum atomic E-state index is 0.389. The molecule has 0 saturated heterocycles. The molecule has 0 aromatic carbocycles. The molecule has 1 saturated carbocycles. The predicted molar refractivity (Wildman–Crippen MR) is 85.8 cm³/mol. The van der Waals surface area contributed by atoms with Gasteiger partial charge >= 0.3 is 0 Å². The number of hydrogen-bond donors (Lipinski definition) is 1. The van der Waals surface area contributed by atoms with E-state index in [-0.39, 0.29) is 0 Å².